The van der Waals surface area contributed by atoms with Gasteiger partial charge >= 0.3 is 0 Å². The van der Waals surface area contributed by atoms with Gasteiger partial charge in [-0.2, -0.15) is 4.37 Å². The molecule has 16 heavy (non-hydrogen) atoms. The zero-order chi connectivity index (χ0) is 11.5. The average molecular weight is 274 g/mol. The van der Waals surface area contributed by atoms with Gasteiger partial charge in [-0.05, 0) is 24.6 Å². The summed E-state index contributed by atoms with van der Waals surface area (Å²) in [6.45, 7) is 2.52. The van der Waals surface area contributed by atoms with Crippen molar-refractivity contribution in [1.29, 1.82) is 0 Å². The van der Waals surface area contributed by atoms with E-state index in [9.17, 15) is 0 Å². The van der Waals surface area contributed by atoms with Crippen LogP contribution in [0.5, 0.6) is 0 Å². The summed E-state index contributed by atoms with van der Waals surface area (Å²) < 4.78 is 4.08. The van der Waals surface area contributed by atoms with Crippen LogP contribution in [0, 0.1) is 6.92 Å². The lowest BCUT2D eigenvalue weighted by Crippen LogP contribution is -1.98. The van der Waals surface area contributed by atoms with E-state index in [0.717, 1.165) is 16.5 Å². The molecule has 0 amide bonds. The first-order valence-corrected chi connectivity index (χ1v) is 6.16. The molecule has 2 aromatic rings. The lowest BCUT2D eigenvalue weighted by atomic mass is 10.2. The summed E-state index contributed by atoms with van der Waals surface area (Å²) in [5, 5.41) is 5.11. The molecule has 3 nitrogen and oxygen atoms in total. The first-order chi connectivity index (χ1) is 7.65. The van der Waals surface area contributed by atoms with Crippen molar-refractivity contribution in [2.45, 2.75) is 13.5 Å². The number of benzene rings is 1. The average Bonchev–Trinajstić information content (AvgIpc) is 2.66. The minimum absolute atomic E-state index is 0.564. The van der Waals surface area contributed by atoms with Gasteiger partial charge in [-0.1, -0.05) is 29.3 Å². The predicted octanol–water partition coefficient (Wildman–Crippen LogP) is 3.77. The van der Waals surface area contributed by atoms with Crippen LogP contribution >= 0.6 is 34.7 Å². The van der Waals surface area contributed by atoms with Crippen LogP contribution < -0.4 is 5.32 Å². The molecule has 84 valence electrons. The van der Waals surface area contributed by atoms with E-state index in [4.69, 9.17) is 23.2 Å². The fourth-order valence-electron chi connectivity index (χ4n) is 1.20. The highest BCUT2D eigenvalue weighted by Gasteiger charge is 2.02. The maximum atomic E-state index is 5.91. The summed E-state index contributed by atoms with van der Waals surface area (Å²) in [5.41, 5.74) is 1.06. The molecule has 0 bridgehead atoms. The van der Waals surface area contributed by atoms with Crippen LogP contribution in [-0.4, -0.2) is 9.36 Å². The lowest BCUT2D eigenvalue weighted by Gasteiger charge is -2.03. The summed E-state index contributed by atoms with van der Waals surface area (Å²) in [6.07, 6.45) is 0. The van der Waals surface area contributed by atoms with E-state index in [1.165, 1.54) is 11.5 Å². The molecule has 0 aliphatic rings. The van der Waals surface area contributed by atoms with E-state index in [-0.39, 0.29) is 0 Å². The quantitative estimate of drug-likeness (QED) is 0.925. The van der Waals surface area contributed by atoms with E-state index in [1.54, 1.807) is 6.07 Å². The Morgan fingerprint density at radius 2 is 2.12 bits per heavy atom. The number of aromatic nitrogens is 2. The molecule has 0 saturated heterocycles. The zero-order valence-corrected chi connectivity index (χ0v) is 10.8. The minimum atomic E-state index is 0.564. The predicted molar refractivity (Wildman–Crippen MR) is 68.4 cm³/mol. The van der Waals surface area contributed by atoms with Gasteiger partial charge in [0.25, 0.3) is 0 Å². The molecule has 0 saturated carbocycles. The summed E-state index contributed by atoms with van der Waals surface area (Å²) >= 11 is 13.1. The molecular weight excluding hydrogens is 265 g/mol. The van der Waals surface area contributed by atoms with Gasteiger partial charge in [0.1, 0.15) is 5.82 Å². The normalized spacial score (nSPS) is 10.4. The van der Waals surface area contributed by atoms with Crippen LogP contribution in [0.4, 0.5) is 5.13 Å². The van der Waals surface area contributed by atoms with Crippen LogP contribution in [0.3, 0.4) is 0 Å². The Kier molecular flexibility index (Phi) is 3.63. The Labute approximate surface area is 108 Å². The van der Waals surface area contributed by atoms with Gasteiger partial charge in [-0.3, -0.25) is 0 Å². The summed E-state index contributed by atoms with van der Waals surface area (Å²) in [5.74, 6) is 0.779. The standard InChI is InChI=1S/C10H9Cl2N3S/c1-6-14-10(16-15-6)13-5-7-2-3-8(11)9(12)4-7/h2-4H,5H2,1H3,(H,13,14,15). The van der Waals surface area contributed by atoms with Crippen LogP contribution in [0.15, 0.2) is 18.2 Å². The molecule has 0 spiro atoms. The third kappa shape index (κ3) is 2.84. The highest BCUT2D eigenvalue weighted by atomic mass is 35.5. The van der Waals surface area contributed by atoms with Gasteiger partial charge in [0.05, 0.1) is 10.0 Å². The fourth-order valence-corrected chi connectivity index (χ4v) is 2.09. The number of halogens is 2. The molecule has 6 heteroatoms. The number of anilines is 1. The molecule has 0 radical (unpaired) electrons. The second kappa shape index (κ2) is 4.99. The van der Waals surface area contributed by atoms with Crippen molar-refractivity contribution in [3.8, 4) is 0 Å². The highest BCUT2D eigenvalue weighted by Crippen LogP contribution is 2.23. The molecule has 0 unspecified atom stereocenters. The molecule has 1 heterocycles. The molecular formula is C10H9Cl2N3S. The fraction of sp³-hybridized carbons (Fsp3) is 0.200. The van der Waals surface area contributed by atoms with E-state index < -0.39 is 0 Å². The van der Waals surface area contributed by atoms with Crippen LogP contribution in [0.25, 0.3) is 0 Å². The third-order valence-corrected chi connectivity index (χ3v) is 3.46. The molecule has 0 aliphatic carbocycles. The Balaban J connectivity index is 2.02. The van der Waals surface area contributed by atoms with E-state index in [2.05, 4.69) is 14.7 Å². The second-order valence-electron chi connectivity index (χ2n) is 3.25. The number of rotatable bonds is 3. The van der Waals surface area contributed by atoms with Crippen molar-refractivity contribution in [1.82, 2.24) is 9.36 Å². The van der Waals surface area contributed by atoms with Crippen molar-refractivity contribution >= 4 is 39.9 Å². The van der Waals surface area contributed by atoms with E-state index in [1.807, 2.05) is 19.1 Å². The van der Waals surface area contributed by atoms with E-state index in [0.29, 0.717) is 16.6 Å². The lowest BCUT2D eigenvalue weighted by molar-refractivity contribution is 1.10. The Morgan fingerprint density at radius 1 is 1.31 bits per heavy atom. The molecule has 1 aromatic carbocycles. The van der Waals surface area contributed by atoms with Gasteiger partial charge in [0.15, 0.2) is 0 Å². The summed E-state index contributed by atoms with van der Waals surface area (Å²) in [6, 6.07) is 5.55. The van der Waals surface area contributed by atoms with Crippen molar-refractivity contribution in [3.05, 3.63) is 39.6 Å². The summed E-state index contributed by atoms with van der Waals surface area (Å²) in [4.78, 5) is 4.20. The van der Waals surface area contributed by atoms with Crippen LogP contribution in [0.1, 0.15) is 11.4 Å². The van der Waals surface area contributed by atoms with Gasteiger partial charge in [-0.15, -0.1) is 0 Å². The zero-order valence-electron chi connectivity index (χ0n) is 8.50. The van der Waals surface area contributed by atoms with Crippen LogP contribution in [-0.2, 0) is 6.54 Å². The SMILES string of the molecule is Cc1nsc(NCc2ccc(Cl)c(Cl)c2)n1. The van der Waals surface area contributed by atoms with Crippen molar-refractivity contribution in [2.24, 2.45) is 0 Å². The number of nitrogens with zero attached hydrogens (tertiary/aromatic N) is 2. The highest BCUT2D eigenvalue weighted by molar-refractivity contribution is 7.09. The summed E-state index contributed by atoms with van der Waals surface area (Å²) in [7, 11) is 0. The number of aryl methyl sites for hydroxylation is 1. The van der Waals surface area contributed by atoms with E-state index >= 15 is 0 Å². The monoisotopic (exact) mass is 273 g/mol. The maximum absolute atomic E-state index is 5.91. The largest absolute Gasteiger partial charge is 0.356 e. The van der Waals surface area contributed by atoms with Crippen molar-refractivity contribution in [2.75, 3.05) is 5.32 Å². The second-order valence-corrected chi connectivity index (χ2v) is 4.82. The molecule has 1 aromatic heterocycles. The van der Waals surface area contributed by atoms with Gasteiger partial charge in [-0.25, -0.2) is 4.98 Å². The Bertz CT molecular complexity index is 499. The maximum Gasteiger partial charge on any atom is 0.202 e. The Morgan fingerprint density at radius 3 is 2.75 bits per heavy atom. The number of hydrogen-bond donors (Lipinski definition) is 1. The molecule has 0 aliphatic heterocycles. The first-order valence-electron chi connectivity index (χ1n) is 4.63. The molecule has 0 fully saturated rings. The van der Waals surface area contributed by atoms with Gasteiger partial charge < -0.3 is 5.32 Å². The molecule has 0 atom stereocenters. The van der Waals surface area contributed by atoms with Crippen molar-refractivity contribution in [3.63, 3.8) is 0 Å². The van der Waals surface area contributed by atoms with Gasteiger partial charge in [0.2, 0.25) is 5.13 Å². The smallest absolute Gasteiger partial charge is 0.202 e. The topological polar surface area (TPSA) is 37.8 Å². The van der Waals surface area contributed by atoms with Crippen molar-refractivity contribution < 1.29 is 0 Å². The Hall–Kier alpha value is -0.840. The molecule has 1 N–H and O–H groups in total. The number of hydrogen-bond acceptors (Lipinski definition) is 4. The van der Waals surface area contributed by atoms with Gasteiger partial charge in [0, 0.05) is 18.1 Å². The minimum Gasteiger partial charge on any atom is -0.356 e. The molecule has 2 rings (SSSR count). The van der Waals surface area contributed by atoms with Crippen LogP contribution in [0.2, 0.25) is 10.0 Å². The third-order valence-electron chi connectivity index (χ3n) is 1.96. The first kappa shape index (κ1) is 11.6. The number of nitrogens with one attached hydrogen (secondary N) is 1.